The number of fused-ring (bicyclic) bond motifs is 2. The summed E-state index contributed by atoms with van der Waals surface area (Å²) in [6, 6.07) is 8.65. The normalized spacial score (nSPS) is 21.0. The van der Waals surface area contributed by atoms with E-state index in [1.807, 2.05) is 24.3 Å². The smallest absolute Gasteiger partial charge is 0.418 e. The van der Waals surface area contributed by atoms with Gasteiger partial charge in [0.25, 0.3) is 5.91 Å². The Morgan fingerprint density at radius 3 is 2.08 bits per heavy atom. The molecule has 1 spiro atoms. The van der Waals surface area contributed by atoms with Crippen LogP contribution in [0.1, 0.15) is 67.2 Å². The molecule has 0 bridgehead atoms. The fourth-order valence-electron chi connectivity index (χ4n) is 7.87. The molecule has 266 valence electrons. The number of anilines is 2. The Labute approximate surface area is 279 Å². The van der Waals surface area contributed by atoms with Crippen molar-refractivity contribution >= 4 is 29.3 Å². The number of hydrogen-bond donors (Lipinski definition) is 2. The van der Waals surface area contributed by atoms with Gasteiger partial charge in [-0.05, 0) is 80.9 Å². The molecule has 1 atom stereocenters. The minimum atomic E-state index is -5.20. The standard InChI is InChI=1S/C34H39F6N5O4/c35-33(36,37)24-17-21(18-25(29(24)41)34(38,39)40)19-27(30(47)44-13-7-22(8-14-44)43-11-3-4-12-43)49-31(48)45-15-9-32(10-16-45)20-28(46)42-26-6-2-1-5-23(26)32/h1-2,5-6,17-18,22,27H,3-4,7-16,19-20,41H2,(H,42,46)/t27-/m1/s1. The van der Waals surface area contributed by atoms with Crippen molar-refractivity contribution in [1.29, 1.82) is 0 Å². The van der Waals surface area contributed by atoms with E-state index in [-0.39, 0.29) is 31.5 Å². The zero-order valence-electron chi connectivity index (χ0n) is 26.8. The van der Waals surface area contributed by atoms with Crippen LogP contribution in [-0.2, 0) is 38.5 Å². The zero-order chi connectivity index (χ0) is 35.1. The number of hydrogen-bond acceptors (Lipinski definition) is 6. The van der Waals surface area contributed by atoms with E-state index in [2.05, 4.69) is 10.2 Å². The van der Waals surface area contributed by atoms with Crippen LogP contribution >= 0.6 is 0 Å². The van der Waals surface area contributed by atoms with Gasteiger partial charge in [0.15, 0.2) is 6.10 Å². The number of likely N-dealkylation sites (tertiary alicyclic amines) is 3. The number of ether oxygens (including phenoxy) is 1. The average molecular weight is 696 g/mol. The zero-order valence-corrected chi connectivity index (χ0v) is 26.8. The third kappa shape index (κ3) is 7.31. The van der Waals surface area contributed by atoms with E-state index >= 15 is 0 Å². The third-order valence-corrected chi connectivity index (χ3v) is 10.5. The molecule has 3 amide bonds. The largest absolute Gasteiger partial charge is 0.436 e. The number of halogens is 6. The quantitative estimate of drug-likeness (QED) is 0.302. The summed E-state index contributed by atoms with van der Waals surface area (Å²) in [4.78, 5) is 45.2. The molecule has 0 aliphatic carbocycles. The van der Waals surface area contributed by atoms with Gasteiger partial charge in [0, 0.05) is 56.2 Å². The molecule has 9 nitrogen and oxygen atoms in total. The van der Waals surface area contributed by atoms with Gasteiger partial charge in [-0.1, -0.05) is 18.2 Å². The summed E-state index contributed by atoms with van der Waals surface area (Å²) >= 11 is 0. The van der Waals surface area contributed by atoms with Crippen LogP contribution in [0, 0.1) is 0 Å². The Morgan fingerprint density at radius 1 is 0.898 bits per heavy atom. The van der Waals surface area contributed by atoms with Gasteiger partial charge < -0.3 is 30.5 Å². The lowest BCUT2D eigenvalue weighted by Gasteiger charge is -2.44. The average Bonchev–Trinajstić information content (AvgIpc) is 3.59. The highest BCUT2D eigenvalue weighted by Gasteiger charge is 2.45. The number of amides is 3. The van der Waals surface area contributed by atoms with Crippen LogP contribution in [0.3, 0.4) is 0 Å². The molecule has 2 aromatic carbocycles. The summed E-state index contributed by atoms with van der Waals surface area (Å²) in [7, 11) is 0. The monoisotopic (exact) mass is 695 g/mol. The molecule has 0 aromatic heterocycles. The number of nitrogens with zero attached hydrogens (tertiary/aromatic N) is 3. The van der Waals surface area contributed by atoms with E-state index in [1.165, 1.54) is 9.80 Å². The lowest BCUT2D eigenvalue weighted by molar-refractivity contribution is -0.142. The van der Waals surface area contributed by atoms with Gasteiger partial charge in [-0.15, -0.1) is 0 Å². The summed E-state index contributed by atoms with van der Waals surface area (Å²) in [6.07, 6.45) is -9.18. The summed E-state index contributed by atoms with van der Waals surface area (Å²) in [5, 5.41) is 2.87. The molecule has 2 aromatic rings. The van der Waals surface area contributed by atoms with Crippen molar-refractivity contribution in [2.24, 2.45) is 0 Å². The van der Waals surface area contributed by atoms with Crippen molar-refractivity contribution in [3.8, 4) is 0 Å². The van der Waals surface area contributed by atoms with Gasteiger partial charge in [-0.2, -0.15) is 26.3 Å². The molecule has 0 saturated carbocycles. The SMILES string of the molecule is Nc1c(C(F)(F)F)cc(C[C@@H](OC(=O)N2CCC3(CC2)CC(=O)Nc2ccccc23)C(=O)N2CCC(N3CCCC3)CC2)cc1C(F)(F)F. The van der Waals surface area contributed by atoms with Crippen molar-refractivity contribution in [2.75, 3.05) is 50.3 Å². The van der Waals surface area contributed by atoms with Crippen molar-refractivity contribution in [3.05, 3.63) is 58.7 Å². The minimum Gasteiger partial charge on any atom is -0.436 e. The first-order chi connectivity index (χ1) is 23.1. The number of nitrogens with one attached hydrogen (secondary N) is 1. The molecule has 49 heavy (non-hydrogen) atoms. The summed E-state index contributed by atoms with van der Waals surface area (Å²) in [5.41, 5.74) is 1.16. The van der Waals surface area contributed by atoms with E-state index in [9.17, 15) is 40.7 Å². The lowest BCUT2D eigenvalue weighted by atomic mass is 9.68. The number of benzene rings is 2. The van der Waals surface area contributed by atoms with Crippen LogP contribution in [-0.4, -0.2) is 84.0 Å². The van der Waals surface area contributed by atoms with Crippen LogP contribution in [0.5, 0.6) is 0 Å². The molecular formula is C34H39F6N5O4. The molecule has 3 fully saturated rings. The Hall–Kier alpha value is -4.01. The first-order valence-corrected chi connectivity index (χ1v) is 16.6. The number of nitrogen functional groups attached to an aromatic ring is 1. The van der Waals surface area contributed by atoms with Gasteiger partial charge >= 0.3 is 18.4 Å². The number of rotatable bonds is 5. The van der Waals surface area contributed by atoms with E-state index < -0.39 is 64.7 Å². The molecule has 4 heterocycles. The minimum absolute atomic E-state index is 0.145. The predicted octanol–water partition coefficient (Wildman–Crippen LogP) is 5.82. The molecule has 6 rings (SSSR count). The highest BCUT2D eigenvalue weighted by Crippen LogP contribution is 2.45. The second-order valence-electron chi connectivity index (χ2n) is 13.5. The van der Waals surface area contributed by atoms with Gasteiger partial charge in [0.05, 0.1) is 16.8 Å². The fourth-order valence-corrected chi connectivity index (χ4v) is 7.87. The first kappa shape index (κ1) is 34.8. The maximum Gasteiger partial charge on any atom is 0.418 e. The number of carbonyl (C=O) groups is 3. The van der Waals surface area contributed by atoms with Gasteiger partial charge in [0.2, 0.25) is 5.91 Å². The molecule has 15 heteroatoms. The topological polar surface area (TPSA) is 108 Å². The number of piperidine rings is 2. The van der Waals surface area contributed by atoms with Crippen molar-refractivity contribution < 1.29 is 45.5 Å². The Kier molecular flexibility index (Phi) is 9.50. The van der Waals surface area contributed by atoms with E-state index in [0.29, 0.717) is 56.6 Å². The fraction of sp³-hybridized carbons (Fsp3) is 0.559. The maximum absolute atomic E-state index is 13.9. The molecular weight excluding hydrogens is 656 g/mol. The van der Waals surface area contributed by atoms with Crippen molar-refractivity contribution in [2.45, 2.75) is 81.3 Å². The Balaban J connectivity index is 1.22. The lowest BCUT2D eigenvalue weighted by Crippen LogP contribution is -2.52. The Bertz CT molecular complexity index is 1540. The number of para-hydroxylation sites is 1. The van der Waals surface area contributed by atoms with Gasteiger partial charge in [-0.25, -0.2) is 4.79 Å². The highest BCUT2D eigenvalue weighted by molar-refractivity contribution is 5.95. The van der Waals surface area contributed by atoms with E-state index in [0.717, 1.165) is 31.5 Å². The van der Waals surface area contributed by atoms with Gasteiger partial charge in [-0.3, -0.25) is 9.59 Å². The van der Waals surface area contributed by atoms with E-state index in [4.69, 9.17) is 10.5 Å². The van der Waals surface area contributed by atoms with Gasteiger partial charge in [0.1, 0.15) is 0 Å². The van der Waals surface area contributed by atoms with Crippen LogP contribution in [0.4, 0.5) is 42.5 Å². The number of nitrogens with two attached hydrogens (primary N) is 1. The molecule has 0 unspecified atom stereocenters. The first-order valence-electron chi connectivity index (χ1n) is 16.6. The van der Waals surface area contributed by atoms with Crippen LogP contribution < -0.4 is 11.1 Å². The molecule has 3 N–H and O–H groups in total. The number of carbonyl (C=O) groups excluding carboxylic acids is 3. The third-order valence-electron chi connectivity index (χ3n) is 10.5. The number of alkyl halides is 6. The summed E-state index contributed by atoms with van der Waals surface area (Å²) in [5.74, 6) is -0.827. The predicted molar refractivity (Wildman–Crippen MR) is 167 cm³/mol. The summed E-state index contributed by atoms with van der Waals surface area (Å²) in [6.45, 7) is 2.89. The summed E-state index contributed by atoms with van der Waals surface area (Å²) < 4.78 is 88.7. The van der Waals surface area contributed by atoms with Crippen LogP contribution in [0.25, 0.3) is 0 Å². The Morgan fingerprint density at radius 2 is 1.49 bits per heavy atom. The molecule has 3 saturated heterocycles. The molecule has 4 aliphatic rings. The van der Waals surface area contributed by atoms with Crippen LogP contribution in [0.2, 0.25) is 0 Å². The molecule has 4 aliphatic heterocycles. The van der Waals surface area contributed by atoms with Crippen molar-refractivity contribution in [1.82, 2.24) is 14.7 Å². The van der Waals surface area contributed by atoms with Crippen LogP contribution in [0.15, 0.2) is 36.4 Å². The van der Waals surface area contributed by atoms with Crippen molar-refractivity contribution in [3.63, 3.8) is 0 Å². The maximum atomic E-state index is 13.9. The second-order valence-corrected chi connectivity index (χ2v) is 13.5. The van der Waals surface area contributed by atoms with E-state index in [1.54, 1.807) is 0 Å². The highest BCUT2D eigenvalue weighted by atomic mass is 19.4. The molecule has 0 radical (unpaired) electrons. The second kappa shape index (κ2) is 13.4.